The van der Waals surface area contributed by atoms with Crippen LogP contribution in [-0.4, -0.2) is 11.7 Å². The molecule has 2 nitrogen and oxygen atoms in total. The van der Waals surface area contributed by atoms with Crippen molar-refractivity contribution in [3.8, 4) is 5.75 Å². The number of aryl methyl sites for hydroxylation is 1. The van der Waals surface area contributed by atoms with Crippen LogP contribution >= 0.6 is 0 Å². The minimum absolute atomic E-state index is 0.381. The molecule has 112 valence electrons. The van der Waals surface area contributed by atoms with Crippen LogP contribution in [0.3, 0.4) is 0 Å². The maximum absolute atomic E-state index is 9.72. The van der Waals surface area contributed by atoms with Crippen LogP contribution in [0.2, 0.25) is 0 Å². The molecule has 1 aromatic rings. The Morgan fingerprint density at radius 1 is 1.15 bits per heavy atom. The number of phenolic OH excluding ortho intramolecular Hbond substituents is 1. The Bertz CT molecular complexity index is 439. The molecule has 0 unspecified atom stereocenters. The molecule has 0 spiro atoms. The zero-order valence-corrected chi connectivity index (χ0v) is 13.4. The van der Waals surface area contributed by atoms with Gasteiger partial charge >= 0.3 is 0 Å². The molecule has 20 heavy (non-hydrogen) atoms. The van der Waals surface area contributed by atoms with Crippen LogP contribution in [0.15, 0.2) is 18.2 Å². The van der Waals surface area contributed by atoms with Crippen LogP contribution in [0.25, 0.3) is 0 Å². The van der Waals surface area contributed by atoms with Crippen LogP contribution in [-0.2, 0) is 0 Å². The lowest BCUT2D eigenvalue weighted by Gasteiger charge is -2.37. The minimum atomic E-state index is 0.381. The fourth-order valence-electron chi connectivity index (χ4n) is 3.21. The number of phenols is 1. The lowest BCUT2D eigenvalue weighted by atomic mass is 9.70. The Labute approximate surface area is 123 Å². The highest BCUT2D eigenvalue weighted by Gasteiger charge is 2.29. The van der Waals surface area contributed by atoms with Crippen molar-refractivity contribution in [2.75, 3.05) is 11.9 Å². The molecule has 2 N–H and O–H groups in total. The molecule has 2 rings (SSSR count). The first-order valence-corrected chi connectivity index (χ1v) is 7.90. The lowest BCUT2D eigenvalue weighted by molar-refractivity contribution is 0.153. The average molecular weight is 275 g/mol. The van der Waals surface area contributed by atoms with E-state index in [1.54, 1.807) is 0 Å². The quantitative estimate of drug-likeness (QED) is 0.816. The summed E-state index contributed by atoms with van der Waals surface area (Å²) in [6.45, 7) is 10.0. The van der Waals surface area contributed by atoms with Gasteiger partial charge in [0.05, 0.1) is 0 Å². The first-order chi connectivity index (χ1) is 9.36. The van der Waals surface area contributed by atoms with E-state index >= 15 is 0 Å². The SMILES string of the molecule is Cc1ccc(NCC2CCC(C(C)(C)C)CC2)cc1O. The van der Waals surface area contributed by atoms with Gasteiger partial charge < -0.3 is 10.4 Å². The second-order valence-electron chi connectivity index (χ2n) is 7.47. The maximum Gasteiger partial charge on any atom is 0.120 e. The van der Waals surface area contributed by atoms with E-state index < -0.39 is 0 Å². The summed E-state index contributed by atoms with van der Waals surface area (Å²) in [5, 5.41) is 13.2. The minimum Gasteiger partial charge on any atom is -0.508 e. The van der Waals surface area contributed by atoms with Crippen LogP contribution < -0.4 is 5.32 Å². The summed E-state index contributed by atoms with van der Waals surface area (Å²) in [6, 6.07) is 5.85. The number of nitrogens with one attached hydrogen (secondary N) is 1. The zero-order valence-electron chi connectivity index (χ0n) is 13.4. The van der Waals surface area contributed by atoms with Crippen LogP contribution in [0.4, 0.5) is 5.69 Å². The Morgan fingerprint density at radius 3 is 2.35 bits per heavy atom. The molecular formula is C18H29NO. The summed E-state index contributed by atoms with van der Waals surface area (Å²) in [7, 11) is 0. The molecule has 1 saturated carbocycles. The monoisotopic (exact) mass is 275 g/mol. The highest BCUT2D eigenvalue weighted by Crippen LogP contribution is 2.39. The predicted molar refractivity (Wildman–Crippen MR) is 86.2 cm³/mol. The molecule has 1 aromatic carbocycles. The van der Waals surface area contributed by atoms with Gasteiger partial charge in [-0.2, -0.15) is 0 Å². The number of aromatic hydroxyl groups is 1. The normalized spacial score (nSPS) is 23.6. The first kappa shape index (κ1) is 15.2. The molecule has 0 aromatic heterocycles. The van der Waals surface area contributed by atoms with Crippen molar-refractivity contribution in [3.63, 3.8) is 0 Å². The third-order valence-electron chi connectivity index (χ3n) is 4.88. The Hall–Kier alpha value is -1.18. The Balaban J connectivity index is 1.80. The molecule has 0 amide bonds. The summed E-state index contributed by atoms with van der Waals surface area (Å²) in [5.74, 6) is 2.03. The van der Waals surface area contributed by atoms with E-state index in [4.69, 9.17) is 0 Å². The number of rotatable bonds is 3. The van der Waals surface area contributed by atoms with E-state index in [2.05, 4.69) is 32.2 Å². The van der Waals surface area contributed by atoms with Crippen molar-refractivity contribution in [1.82, 2.24) is 0 Å². The first-order valence-electron chi connectivity index (χ1n) is 7.90. The van der Waals surface area contributed by atoms with Crippen LogP contribution in [0.5, 0.6) is 5.75 Å². The van der Waals surface area contributed by atoms with Crippen molar-refractivity contribution in [2.24, 2.45) is 17.3 Å². The molecular weight excluding hydrogens is 246 g/mol. The number of anilines is 1. The maximum atomic E-state index is 9.72. The standard InChI is InChI=1S/C18H29NO/c1-13-5-10-16(11-17(13)20)19-12-14-6-8-15(9-7-14)18(2,3)4/h5,10-11,14-15,19-20H,6-9,12H2,1-4H3. The molecule has 1 aliphatic carbocycles. The number of benzene rings is 1. The van der Waals surface area contributed by atoms with E-state index in [9.17, 15) is 5.11 Å². The van der Waals surface area contributed by atoms with E-state index in [0.717, 1.165) is 29.6 Å². The summed E-state index contributed by atoms with van der Waals surface area (Å²) in [6.07, 6.45) is 5.36. The largest absolute Gasteiger partial charge is 0.508 e. The summed E-state index contributed by atoms with van der Waals surface area (Å²) >= 11 is 0. The Kier molecular flexibility index (Phi) is 4.62. The fraction of sp³-hybridized carbons (Fsp3) is 0.667. The Morgan fingerprint density at radius 2 is 1.80 bits per heavy atom. The van der Waals surface area contributed by atoms with Gasteiger partial charge in [-0.15, -0.1) is 0 Å². The second kappa shape index (κ2) is 6.07. The van der Waals surface area contributed by atoms with Gasteiger partial charge in [0.1, 0.15) is 5.75 Å². The highest BCUT2D eigenvalue weighted by atomic mass is 16.3. The van der Waals surface area contributed by atoms with Crippen molar-refractivity contribution in [3.05, 3.63) is 23.8 Å². The molecule has 2 heteroatoms. The van der Waals surface area contributed by atoms with Gasteiger partial charge in [-0.25, -0.2) is 0 Å². The molecule has 0 bridgehead atoms. The third-order valence-corrected chi connectivity index (χ3v) is 4.88. The molecule has 0 heterocycles. The zero-order chi connectivity index (χ0) is 14.8. The van der Waals surface area contributed by atoms with Crippen molar-refractivity contribution in [2.45, 2.75) is 53.4 Å². The fourth-order valence-corrected chi connectivity index (χ4v) is 3.21. The van der Waals surface area contributed by atoms with Gasteiger partial charge in [0.25, 0.3) is 0 Å². The lowest BCUT2D eigenvalue weighted by Crippen LogP contribution is -2.28. The van der Waals surface area contributed by atoms with Gasteiger partial charge in [-0.05, 0) is 61.5 Å². The van der Waals surface area contributed by atoms with Gasteiger partial charge in [-0.1, -0.05) is 26.8 Å². The molecule has 0 atom stereocenters. The molecule has 1 fully saturated rings. The van der Waals surface area contributed by atoms with Crippen LogP contribution in [0, 0.1) is 24.2 Å². The summed E-state index contributed by atoms with van der Waals surface area (Å²) in [4.78, 5) is 0. The van der Waals surface area contributed by atoms with Crippen LogP contribution in [0.1, 0.15) is 52.0 Å². The topological polar surface area (TPSA) is 32.3 Å². The van der Waals surface area contributed by atoms with Gasteiger partial charge in [0.2, 0.25) is 0 Å². The summed E-state index contributed by atoms with van der Waals surface area (Å²) < 4.78 is 0. The van der Waals surface area contributed by atoms with E-state index in [1.807, 2.05) is 19.1 Å². The smallest absolute Gasteiger partial charge is 0.120 e. The van der Waals surface area contributed by atoms with Gasteiger partial charge in [-0.3, -0.25) is 0 Å². The number of hydrogen-bond acceptors (Lipinski definition) is 2. The third kappa shape index (κ3) is 3.91. The summed E-state index contributed by atoms with van der Waals surface area (Å²) in [5.41, 5.74) is 2.42. The molecule has 0 saturated heterocycles. The van der Waals surface area contributed by atoms with Gasteiger partial charge in [0, 0.05) is 18.3 Å². The van der Waals surface area contributed by atoms with Crippen molar-refractivity contribution >= 4 is 5.69 Å². The van der Waals surface area contributed by atoms with Crippen molar-refractivity contribution < 1.29 is 5.11 Å². The van der Waals surface area contributed by atoms with E-state index in [1.165, 1.54) is 25.7 Å². The highest BCUT2D eigenvalue weighted by molar-refractivity contribution is 5.50. The van der Waals surface area contributed by atoms with Crippen molar-refractivity contribution in [1.29, 1.82) is 0 Å². The molecule has 0 aliphatic heterocycles. The average Bonchev–Trinajstić information content (AvgIpc) is 2.40. The number of hydrogen-bond donors (Lipinski definition) is 2. The molecule has 0 radical (unpaired) electrons. The van der Waals surface area contributed by atoms with Gasteiger partial charge in [0.15, 0.2) is 0 Å². The molecule has 1 aliphatic rings. The van der Waals surface area contributed by atoms with E-state index in [-0.39, 0.29) is 0 Å². The predicted octanol–water partition coefficient (Wildman–Crippen LogP) is 4.97. The van der Waals surface area contributed by atoms with E-state index in [0.29, 0.717) is 11.2 Å². The second-order valence-corrected chi connectivity index (χ2v) is 7.47.